The fourth-order valence-electron chi connectivity index (χ4n) is 5.24. The maximum absolute atomic E-state index is 5.73. The summed E-state index contributed by atoms with van der Waals surface area (Å²) >= 11 is 0. The van der Waals surface area contributed by atoms with Crippen molar-refractivity contribution in [3.63, 3.8) is 0 Å². The zero-order chi connectivity index (χ0) is 27.5. The molecule has 0 aliphatic heterocycles. The standard InChI is InChI=1S/C36H72O2/c1-3-5-7-9-11-13-15-17-19-21-23-25-27-29-33-37-35-31-32-36-38-34-30-28-26-24-22-20-18-16-14-12-10-8-6-4-2/h31-32H,3-30,33-36H2,1-2H3/b32-31-. The molecule has 0 aromatic carbocycles. The highest BCUT2D eigenvalue weighted by Gasteiger charge is 1.96. The second kappa shape index (κ2) is 36.7. The van der Waals surface area contributed by atoms with Gasteiger partial charge in [-0.05, 0) is 12.8 Å². The molecule has 0 amide bonds. The van der Waals surface area contributed by atoms with Crippen LogP contribution in [0.2, 0.25) is 0 Å². The van der Waals surface area contributed by atoms with Gasteiger partial charge in [0.25, 0.3) is 0 Å². The summed E-state index contributed by atoms with van der Waals surface area (Å²) in [6.45, 7) is 7.87. The molecule has 0 bridgehead atoms. The van der Waals surface area contributed by atoms with E-state index in [4.69, 9.17) is 9.47 Å². The minimum absolute atomic E-state index is 0.737. The Morgan fingerprint density at radius 3 is 0.737 bits per heavy atom. The molecule has 0 aliphatic rings. The molecule has 0 fully saturated rings. The Kier molecular flexibility index (Phi) is 36.3. The van der Waals surface area contributed by atoms with Gasteiger partial charge in [-0.2, -0.15) is 0 Å². The number of rotatable bonds is 34. The third-order valence-corrected chi connectivity index (χ3v) is 7.88. The molecule has 2 nitrogen and oxygen atoms in total. The molecule has 0 atom stereocenters. The topological polar surface area (TPSA) is 18.5 Å². The first-order valence-corrected chi connectivity index (χ1v) is 17.7. The van der Waals surface area contributed by atoms with Crippen LogP contribution in [-0.2, 0) is 9.47 Å². The molecule has 0 N–H and O–H groups in total. The molecular formula is C36H72O2. The van der Waals surface area contributed by atoms with E-state index in [-0.39, 0.29) is 0 Å². The third kappa shape index (κ3) is 35.7. The summed E-state index contributed by atoms with van der Waals surface area (Å²) in [5, 5.41) is 0. The second-order valence-corrected chi connectivity index (χ2v) is 11.8. The van der Waals surface area contributed by atoms with Crippen molar-refractivity contribution in [2.45, 2.75) is 194 Å². The lowest BCUT2D eigenvalue weighted by Gasteiger charge is -2.04. The van der Waals surface area contributed by atoms with Crippen LogP contribution >= 0.6 is 0 Å². The fourth-order valence-corrected chi connectivity index (χ4v) is 5.24. The van der Waals surface area contributed by atoms with Gasteiger partial charge < -0.3 is 9.47 Å². The SMILES string of the molecule is CCCCCCCCCCCCCCCCOC/C=C\COCCCCCCCCCCCCCCCC. The smallest absolute Gasteiger partial charge is 0.0648 e. The van der Waals surface area contributed by atoms with Crippen molar-refractivity contribution >= 4 is 0 Å². The van der Waals surface area contributed by atoms with Crippen molar-refractivity contribution in [2.24, 2.45) is 0 Å². The van der Waals surface area contributed by atoms with E-state index in [1.165, 1.54) is 180 Å². The molecule has 0 aliphatic carbocycles. The molecule has 0 rings (SSSR count). The lowest BCUT2D eigenvalue weighted by atomic mass is 10.0. The Bertz CT molecular complexity index is 382. The van der Waals surface area contributed by atoms with Crippen LogP contribution < -0.4 is 0 Å². The van der Waals surface area contributed by atoms with Gasteiger partial charge in [0.05, 0.1) is 13.2 Å². The summed E-state index contributed by atoms with van der Waals surface area (Å²) in [5.41, 5.74) is 0. The number of hydrogen-bond donors (Lipinski definition) is 0. The first-order chi connectivity index (χ1) is 18.9. The number of unbranched alkanes of at least 4 members (excludes halogenated alkanes) is 26. The monoisotopic (exact) mass is 537 g/mol. The van der Waals surface area contributed by atoms with Crippen LogP contribution in [0.4, 0.5) is 0 Å². The first kappa shape index (κ1) is 37.7. The van der Waals surface area contributed by atoms with Crippen LogP contribution in [-0.4, -0.2) is 26.4 Å². The van der Waals surface area contributed by atoms with E-state index < -0.39 is 0 Å². The van der Waals surface area contributed by atoms with Crippen molar-refractivity contribution in [3.8, 4) is 0 Å². The van der Waals surface area contributed by atoms with Gasteiger partial charge in [-0.15, -0.1) is 0 Å². The van der Waals surface area contributed by atoms with Gasteiger partial charge in [0.1, 0.15) is 0 Å². The Balaban J connectivity index is 3.07. The molecule has 0 spiro atoms. The number of hydrogen-bond acceptors (Lipinski definition) is 2. The van der Waals surface area contributed by atoms with E-state index in [0.717, 1.165) is 26.4 Å². The van der Waals surface area contributed by atoms with Crippen molar-refractivity contribution in [2.75, 3.05) is 26.4 Å². The molecule has 38 heavy (non-hydrogen) atoms. The Labute approximate surface area is 241 Å². The summed E-state index contributed by atoms with van der Waals surface area (Å²) in [6.07, 6.45) is 43.7. The van der Waals surface area contributed by atoms with E-state index in [1.807, 2.05) is 0 Å². The molecule has 0 saturated carbocycles. The Morgan fingerprint density at radius 2 is 0.500 bits per heavy atom. The van der Waals surface area contributed by atoms with E-state index in [0.29, 0.717) is 0 Å². The Morgan fingerprint density at radius 1 is 0.289 bits per heavy atom. The van der Waals surface area contributed by atoms with E-state index in [1.54, 1.807) is 0 Å². The molecule has 0 unspecified atom stereocenters. The van der Waals surface area contributed by atoms with Gasteiger partial charge in [0, 0.05) is 13.2 Å². The van der Waals surface area contributed by atoms with Gasteiger partial charge in [0.15, 0.2) is 0 Å². The second-order valence-electron chi connectivity index (χ2n) is 11.8. The maximum Gasteiger partial charge on any atom is 0.0648 e. The average Bonchev–Trinajstić information content (AvgIpc) is 2.93. The van der Waals surface area contributed by atoms with Crippen LogP contribution in [0.1, 0.15) is 194 Å². The van der Waals surface area contributed by atoms with Crippen molar-refractivity contribution in [1.82, 2.24) is 0 Å². The molecule has 0 heterocycles. The predicted octanol–water partition coefficient (Wildman–Crippen LogP) is 12.5. The fraction of sp³-hybridized carbons (Fsp3) is 0.944. The quantitative estimate of drug-likeness (QED) is 0.0601. The highest BCUT2D eigenvalue weighted by molar-refractivity contribution is 4.81. The van der Waals surface area contributed by atoms with E-state index >= 15 is 0 Å². The molecule has 0 radical (unpaired) electrons. The van der Waals surface area contributed by atoms with Crippen molar-refractivity contribution in [3.05, 3.63) is 12.2 Å². The molecule has 0 aromatic rings. The molecule has 2 heteroatoms. The van der Waals surface area contributed by atoms with Gasteiger partial charge in [-0.3, -0.25) is 0 Å². The van der Waals surface area contributed by atoms with E-state index in [9.17, 15) is 0 Å². The van der Waals surface area contributed by atoms with Crippen LogP contribution in [0.15, 0.2) is 12.2 Å². The Hall–Kier alpha value is -0.340. The highest BCUT2D eigenvalue weighted by Crippen LogP contribution is 2.14. The van der Waals surface area contributed by atoms with Gasteiger partial charge >= 0.3 is 0 Å². The first-order valence-electron chi connectivity index (χ1n) is 17.7. The van der Waals surface area contributed by atoms with Crippen LogP contribution in [0.25, 0.3) is 0 Å². The van der Waals surface area contributed by atoms with Gasteiger partial charge in [-0.25, -0.2) is 0 Å². The summed E-state index contributed by atoms with van der Waals surface area (Å²) < 4.78 is 11.5. The molecule has 0 aromatic heterocycles. The average molecular weight is 537 g/mol. The zero-order valence-corrected chi connectivity index (χ0v) is 26.6. The lowest BCUT2D eigenvalue weighted by molar-refractivity contribution is 0.149. The predicted molar refractivity (Wildman–Crippen MR) is 171 cm³/mol. The molecule has 228 valence electrons. The minimum Gasteiger partial charge on any atom is -0.377 e. The zero-order valence-electron chi connectivity index (χ0n) is 26.6. The van der Waals surface area contributed by atoms with Crippen LogP contribution in [0, 0.1) is 0 Å². The summed E-state index contributed by atoms with van der Waals surface area (Å²) in [5.74, 6) is 0. The van der Waals surface area contributed by atoms with Crippen LogP contribution in [0.5, 0.6) is 0 Å². The van der Waals surface area contributed by atoms with Gasteiger partial charge in [-0.1, -0.05) is 193 Å². The van der Waals surface area contributed by atoms with Crippen molar-refractivity contribution in [1.29, 1.82) is 0 Å². The molecule has 0 saturated heterocycles. The van der Waals surface area contributed by atoms with Crippen LogP contribution in [0.3, 0.4) is 0 Å². The largest absolute Gasteiger partial charge is 0.377 e. The van der Waals surface area contributed by atoms with Gasteiger partial charge in [0.2, 0.25) is 0 Å². The third-order valence-electron chi connectivity index (χ3n) is 7.88. The van der Waals surface area contributed by atoms with Crippen molar-refractivity contribution < 1.29 is 9.47 Å². The lowest BCUT2D eigenvalue weighted by Crippen LogP contribution is -1.97. The molecular weight excluding hydrogens is 464 g/mol. The number of ether oxygens (including phenoxy) is 2. The summed E-state index contributed by atoms with van der Waals surface area (Å²) in [4.78, 5) is 0. The minimum atomic E-state index is 0.737. The summed E-state index contributed by atoms with van der Waals surface area (Å²) in [6, 6.07) is 0. The normalized spacial score (nSPS) is 11.7. The van der Waals surface area contributed by atoms with E-state index in [2.05, 4.69) is 26.0 Å². The maximum atomic E-state index is 5.73. The highest BCUT2D eigenvalue weighted by atomic mass is 16.5. The summed E-state index contributed by atoms with van der Waals surface area (Å²) in [7, 11) is 0.